The summed E-state index contributed by atoms with van der Waals surface area (Å²) in [5, 5.41) is 0. The second-order valence-corrected chi connectivity index (χ2v) is 10.2. The average molecular weight is 493 g/mol. The summed E-state index contributed by atoms with van der Waals surface area (Å²) in [4.78, 5) is 8.89. The lowest BCUT2D eigenvalue weighted by Crippen LogP contribution is -2.06. The van der Waals surface area contributed by atoms with Crippen molar-refractivity contribution >= 4 is 33.4 Å². The van der Waals surface area contributed by atoms with Gasteiger partial charge in [-0.3, -0.25) is 0 Å². The van der Waals surface area contributed by atoms with E-state index in [9.17, 15) is 0 Å². The monoisotopic (exact) mass is 492 g/mol. The third-order valence-electron chi connectivity index (χ3n) is 6.82. The van der Waals surface area contributed by atoms with Crippen molar-refractivity contribution in [2.24, 2.45) is 4.99 Å². The molecule has 162 valence electrons. The molecule has 0 spiro atoms. The van der Waals surface area contributed by atoms with Crippen LogP contribution in [-0.2, 0) is 12.8 Å². The Labute approximate surface area is 203 Å². The molecule has 2 aliphatic rings. The van der Waals surface area contributed by atoms with Gasteiger partial charge in [-0.2, -0.15) is 0 Å². The van der Waals surface area contributed by atoms with Crippen LogP contribution in [0.5, 0.6) is 0 Å². The predicted octanol–water partition coefficient (Wildman–Crippen LogP) is 7.82. The van der Waals surface area contributed by atoms with Crippen molar-refractivity contribution in [3.8, 4) is 11.3 Å². The number of fused-ring (bicyclic) bond motifs is 4. The van der Waals surface area contributed by atoms with Crippen molar-refractivity contribution in [3.05, 3.63) is 115 Å². The van der Waals surface area contributed by atoms with E-state index in [2.05, 4.69) is 108 Å². The maximum absolute atomic E-state index is 5.20. The lowest BCUT2D eigenvalue weighted by Gasteiger charge is -2.15. The van der Waals surface area contributed by atoms with E-state index in [-0.39, 0.29) is 0 Å². The molecule has 0 atom stereocenters. The first-order valence-corrected chi connectivity index (χ1v) is 12.3. The molecule has 2 nitrogen and oxygen atoms in total. The normalized spacial score (nSPS) is 15.3. The van der Waals surface area contributed by atoms with E-state index in [0.29, 0.717) is 0 Å². The highest BCUT2D eigenvalue weighted by Gasteiger charge is 2.25. The van der Waals surface area contributed by atoms with Crippen LogP contribution in [0.25, 0.3) is 23.0 Å². The summed E-state index contributed by atoms with van der Waals surface area (Å²) in [6, 6.07) is 22.0. The Balaban J connectivity index is 1.50. The van der Waals surface area contributed by atoms with Gasteiger partial charge in [0.05, 0.1) is 11.4 Å². The molecule has 1 N–H and O–H groups in total. The molecule has 6 rings (SSSR count). The summed E-state index contributed by atoms with van der Waals surface area (Å²) in [6.07, 6.45) is 4.38. The zero-order valence-corrected chi connectivity index (χ0v) is 20.7. The third kappa shape index (κ3) is 3.43. The number of nitrogens with one attached hydrogen (secondary N) is 1. The molecule has 0 bridgehead atoms. The lowest BCUT2D eigenvalue weighted by atomic mass is 9.90. The van der Waals surface area contributed by atoms with Crippen LogP contribution in [0.15, 0.2) is 70.1 Å². The highest BCUT2D eigenvalue weighted by Crippen LogP contribution is 2.38. The molecule has 3 aromatic carbocycles. The van der Waals surface area contributed by atoms with Crippen molar-refractivity contribution in [2.75, 3.05) is 0 Å². The Bertz CT molecular complexity index is 1480. The molecule has 0 radical (unpaired) electrons. The fourth-order valence-corrected chi connectivity index (χ4v) is 5.83. The highest BCUT2D eigenvalue weighted by molar-refractivity contribution is 9.10. The van der Waals surface area contributed by atoms with Crippen molar-refractivity contribution in [1.82, 2.24) is 4.98 Å². The Hall–Kier alpha value is -3.17. The summed E-state index contributed by atoms with van der Waals surface area (Å²) < 4.78 is 1.07. The number of aryl methyl sites for hydroxylation is 5. The Morgan fingerprint density at radius 1 is 0.818 bits per heavy atom. The topological polar surface area (TPSA) is 28.1 Å². The molecule has 3 heteroatoms. The molecule has 33 heavy (non-hydrogen) atoms. The molecular weight excluding hydrogens is 468 g/mol. The number of nitrogens with zero attached hydrogens (tertiary/aromatic N) is 1. The number of aromatic amines is 1. The van der Waals surface area contributed by atoms with Crippen LogP contribution in [-0.4, -0.2) is 10.7 Å². The number of rotatable bonds is 2. The maximum Gasteiger partial charge on any atom is 0.0793 e. The molecule has 0 saturated carbocycles. The third-order valence-corrected chi connectivity index (χ3v) is 7.31. The molecule has 0 unspecified atom stereocenters. The SMILES string of the molecule is Cc1cc(C)c(C2=N/C(=C\c3cc4c([nH]3)-c3ccccc3CC4)c3cc(Br)ccc32)c(C)c1. The summed E-state index contributed by atoms with van der Waals surface area (Å²) in [5.74, 6) is 0. The molecule has 0 saturated heterocycles. The predicted molar refractivity (Wildman–Crippen MR) is 142 cm³/mol. The summed E-state index contributed by atoms with van der Waals surface area (Å²) in [6.45, 7) is 6.53. The van der Waals surface area contributed by atoms with E-state index in [4.69, 9.17) is 4.99 Å². The fourth-order valence-electron chi connectivity index (χ4n) is 5.46. The van der Waals surface area contributed by atoms with Crippen LogP contribution in [0.3, 0.4) is 0 Å². The second-order valence-electron chi connectivity index (χ2n) is 9.24. The molecular formula is C30H25BrN2. The van der Waals surface area contributed by atoms with Gasteiger partial charge < -0.3 is 4.98 Å². The van der Waals surface area contributed by atoms with Crippen LogP contribution >= 0.6 is 15.9 Å². The Morgan fingerprint density at radius 3 is 2.39 bits per heavy atom. The number of hydrogen-bond acceptors (Lipinski definition) is 1. The summed E-state index contributed by atoms with van der Waals surface area (Å²) >= 11 is 3.67. The maximum atomic E-state index is 5.20. The minimum Gasteiger partial charge on any atom is -0.355 e. The van der Waals surface area contributed by atoms with E-state index in [1.54, 1.807) is 0 Å². The average Bonchev–Trinajstić information content (AvgIpc) is 3.35. The first kappa shape index (κ1) is 20.4. The van der Waals surface area contributed by atoms with Gasteiger partial charge in [-0.15, -0.1) is 0 Å². The second kappa shape index (κ2) is 7.71. The van der Waals surface area contributed by atoms with Gasteiger partial charge in [0, 0.05) is 38.1 Å². The van der Waals surface area contributed by atoms with E-state index in [0.717, 1.165) is 34.4 Å². The van der Waals surface area contributed by atoms with Gasteiger partial charge in [-0.25, -0.2) is 4.99 Å². The van der Waals surface area contributed by atoms with Crippen LogP contribution in [0.4, 0.5) is 0 Å². The quantitative estimate of drug-likeness (QED) is 0.295. The standard InChI is InChI=1S/C30H25BrN2/c1-17-12-18(2)28(19(3)13-17)30-25-11-10-22(31)15-26(25)27(33-30)16-23-14-21-9-8-20-6-4-5-7-24(20)29(21)32-23/h4-7,10-16,32H,8-9H2,1-3H3/b27-16-. The van der Waals surface area contributed by atoms with Crippen molar-refractivity contribution in [3.63, 3.8) is 0 Å². The smallest absolute Gasteiger partial charge is 0.0793 e. The first-order valence-electron chi connectivity index (χ1n) is 11.5. The number of aromatic nitrogens is 1. The van der Waals surface area contributed by atoms with Gasteiger partial charge in [0.25, 0.3) is 0 Å². The van der Waals surface area contributed by atoms with Gasteiger partial charge in [-0.1, -0.05) is 64.0 Å². The van der Waals surface area contributed by atoms with E-state index < -0.39 is 0 Å². The van der Waals surface area contributed by atoms with E-state index in [1.165, 1.54) is 55.8 Å². The molecule has 0 fully saturated rings. The minimum atomic E-state index is 1.01. The molecule has 1 aliphatic carbocycles. The highest BCUT2D eigenvalue weighted by atomic mass is 79.9. The van der Waals surface area contributed by atoms with Crippen LogP contribution in [0.2, 0.25) is 0 Å². The Kier molecular flexibility index (Phi) is 4.77. The number of halogens is 1. The van der Waals surface area contributed by atoms with Gasteiger partial charge in [0.1, 0.15) is 0 Å². The number of hydrogen-bond donors (Lipinski definition) is 1. The largest absolute Gasteiger partial charge is 0.355 e. The zero-order chi connectivity index (χ0) is 22.7. The molecule has 1 aliphatic heterocycles. The molecule has 0 amide bonds. The number of benzene rings is 3. The van der Waals surface area contributed by atoms with Crippen molar-refractivity contribution in [1.29, 1.82) is 0 Å². The van der Waals surface area contributed by atoms with Gasteiger partial charge in [0.15, 0.2) is 0 Å². The van der Waals surface area contributed by atoms with Crippen molar-refractivity contribution in [2.45, 2.75) is 33.6 Å². The fraction of sp³-hybridized carbons (Fsp3) is 0.167. The molecule has 1 aromatic heterocycles. The number of aliphatic imine (C=N–C) groups is 1. The van der Waals surface area contributed by atoms with Crippen LogP contribution < -0.4 is 0 Å². The molecule has 4 aromatic rings. The molecule has 2 heterocycles. The first-order chi connectivity index (χ1) is 16.0. The van der Waals surface area contributed by atoms with Crippen LogP contribution in [0.1, 0.15) is 50.2 Å². The zero-order valence-electron chi connectivity index (χ0n) is 19.1. The van der Waals surface area contributed by atoms with E-state index >= 15 is 0 Å². The number of H-pyrrole nitrogens is 1. The Morgan fingerprint density at radius 2 is 1.58 bits per heavy atom. The minimum absolute atomic E-state index is 1.01. The summed E-state index contributed by atoms with van der Waals surface area (Å²) in [5.41, 5.74) is 16.0. The lowest BCUT2D eigenvalue weighted by molar-refractivity contribution is 0.942. The van der Waals surface area contributed by atoms with Crippen LogP contribution in [0, 0.1) is 20.8 Å². The van der Waals surface area contributed by atoms with E-state index in [1.807, 2.05) is 0 Å². The van der Waals surface area contributed by atoms with Crippen molar-refractivity contribution < 1.29 is 0 Å². The summed E-state index contributed by atoms with van der Waals surface area (Å²) in [7, 11) is 0. The van der Waals surface area contributed by atoms with Gasteiger partial charge in [-0.05, 0) is 80.1 Å². The van der Waals surface area contributed by atoms with Gasteiger partial charge in [0.2, 0.25) is 0 Å². The van der Waals surface area contributed by atoms with Gasteiger partial charge >= 0.3 is 0 Å².